The Morgan fingerprint density at radius 1 is 1.15 bits per heavy atom. The zero-order valence-corrected chi connectivity index (χ0v) is 22.2. The lowest BCUT2D eigenvalue weighted by Crippen LogP contribution is -2.52. The highest BCUT2D eigenvalue weighted by atomic mass is 16.5. The Morgan fingerprint density at radius 3 is 2.61 bits per heavy atom. The fourth-order valence-electron chi connectivity index (χ4n) is 4.09. The Balaban J connectivity index is 1.66. The first-order valence-electron chi connectivity index (χ1n) is 21.2. The molecule has 2 amide bonds. The summed E-state index contributed by atoms with van der Waals surface area (Å²) in [4.78, 5) is 41.0. The van der Waals surface area contributed by atoms with E-state index in [-0.39, 0.29) is 37.9 Å². The zero-order chi connectivity index (χ0) is 44.9. The second-order valence-corrected chi connectivity index (χ2v) is 8.94. The van der Waals surface area contributed by atoms with Crippen LogP contribution in [-0.4, -0.2) is 80.8 Å². The van der Waals surface area contributed by atoms with Gasteiger partial charge in [0.1, 0.15) is 0 Å². The van der Waals surface area contributed by atoms with Crippen LogP contribution in [-0.2, 0) is 20.7 Å². The SMILES string of the molecule is [2H]c1c([2H])c([2H])c(/C(Cc2ccc(N(C(=O)CN3C([2H])([2H])C([2H])([2H])N(C)C([2H])(C)C3([2H])[2H])C([2H])([2H])[2H])cc2)=C2/C(=O)Nc3c([2H])c(C(=O)OC)c([2H])c([2H])c32)c([2H])c1[2H]. The molecule has 5 rings (SSSR count). The smallest absolute Gasteiger partial charge is 0.337 e. The molecule has 0 radical (unpaired) electrons. The first-order valence-corrected chi connectivity index (χ1v) is 12.2. The van der Waals surface area contributed by atoms with Gasteiger partial charge in [-0.15, -0.1) is 0 Å². The fourth-order valence-corrected chi connectivity index (χ4v) is 4.09. The van der Waals surface area contributed by atoms with Crippen molar-refractivity contribution in [2.45, 2.75) is 19.4 Å². The number of ether oxygens (including phenoxy) is 1. The number of rotatable bonds is 7. The molecular weight excluding hydrogens is 516 g/mol. The third-order valence-electron chi connectivity index (χ3n) is 6.29. The molecule has 1 N–H and O–H groups in total. The second kappa shape index (κ2) is 12.1. The number of carbonyl (C=O) groups excluding carboxylic acids is 3. The van der Waals surface area contributed by atoms with Crippen molar-refractivity contribution >= 4 is 40.3 Å². The van der Waals surface area contributed by atoms with Gasteiger partial charge in [0.15, 0.2) is 0 Å². The molecule has 0 spiro atoms. The van der Waals surface area contributed by atoms with Crippen LogP contribution >= 0.6 is 0 Å². The van der Waals surface area contributed by atoms with Crippen molar-refractivity contribution in [2.24, 2.45) is 0 Å². The van der Waals surface area contributed by atoms with Gasteiger partial charge in [-0.3, -0.25) is 14.5 Å². The average molecular weight is 571 g/mol. The fraction of sp³-hybridized carbons (Fsp3) is 0.303. The highest BCUT2D eigenvalue weighted by Crippen LogP contribution is 2.39. The van der Waals surface area contributed by atoms with E-state index in [0.29, 0.717) is 4.90 Å². The second-order valence-electron chi connectivity index (χ2n) is 8.94. The number of hydrogen-bond donors (Lipinski definition) is 1. The van der Waals surface area contributed by atoms with Gasteiger partial charge in [0.05, 0.1) is 35.8 Å². The van der Waals surface area contributed by atoms with Crippen molar-refractivity contribution in [1.82, 2.24) is 9.80 Å². The number of fused-ring (bicyclic) bond motifs is 1. The molecule has 0 aliphatic carbocycles. The average Bonchev–Trinajstić information content (AvgIpc) is 3.50. The molecule has 0 bridgehead atoms. The number of hydrogen-bond acceptors (Lipinski definition) is 6. The standard InChI is InChI=1S/C33H36N4O4/c1-22-20-37(17-16-35(22)2)21-30(38)36(3)26-13-10-23(11-14-26)18-28(24-8-6-5-7-9-24)31-27-15-12-25(33(40)41-4)19-29(27)34-32(31)39/h5-15,19,22H,16-18,20-21H2,1-4H3,(H,34,39)/b31-28+/i3D3,5D,6D,7D,8D,9D,12D,15D,16D2,17D2,19D,20D2,22D. The number of benzene rings is 3. The normalized spacial score (nSPS) is 30.6. The van der Waals surface area contributed by atoms with E-state index >= 15 is 0 Å². The van der Waals surface area contributed by atoms with Crippen LogP contribution in [0, 0.1) is 0 Å². The highest BCUT2D eigenvalue weighted by molar-refractivity contribution is 6.37. The van der Waals surface area contributed by atoms with Gasteiger partial charge in [0, 0.05) is 63.1 Å². The number of methoxy groups -OCH3 is 1. The molecule has 8 heteroatoms. The maximum atomic E-state index is 13.8. The number of amides is 2. The van der Waals surface area contributed by atoms with Crippen molar-refractivity contribution in [3.8, 4) is 0 Å². The summed E-state index contributed by atoms with van der Waals surface area (Å²) in [5.74, 6) is -3.57. The lowest BCUT2D eigenvalue weighted by atomic mass is 9.90. The van der Waals surface area contributed by atoms with E-state index in [1.165, 1.54) is 12.1 Å². The van der Waals surface area contributed by atoms with Gasteiger partial charge in [-0.05, 0) is 61.3 Å². The number of anilines is 2. The summed E-state index contributed by atoms with van der Waals surface area (Å²) in [5, 5.41) is 2.38. The maximum Gasteiger partial charge on any atom is 0.337 e. The van der Waals surface area contributed by atoms with Crippen molar-refractivity contribution in [1.29, 1.82) is 0 Å². The van der Waals surface area contributed by atoms with Crippen LogP contribution < -0.4 is 10.2 Å². The Labute approximate surface area is 266 Å². The molecular formula is C33H36N4O4. The molecule has 2 aliphatic heterocycles. The minimum atomic E-state index is -3.30. The van der Waals surface area contributed by atoms with E-state index in [1.807, 2.05) is 0 Å². The Morgan fingerprint density at radius 2 is 1.90 bits per heavy atom. The Kier molecular flexibility index (Phi) is 4.01. The van der Waals surface area contributed by atoms with Crippen molar-refractivity contribution in [3.63, 3.8) is 0 Å². The monoisotopic (exact) mass is 570 g/mol. The number of carbonyl (C=O) groups is 3. The lowest BCUT2D eigenvalue weighted by molar-refractivity contribution is -0.120. The van der Waals surface area contributed by atoms with Crippen LogP contribution in [0.15, 0.2) is 72.6 Å². The molecule has 8 nitrogen and oxygen atoms in total. The zero-order valence-electron chi connectivity index (χ0n) is 40.2. The van der Waals surface area contributed by atoms with Crippen molar-refractivity contribution < 1.29 is 43.8 Å². The molecule has 3 aromatic rings. The quantitative estimate of drug-likeness (QED) is 0.339. The first kappa shape index (κ1) is 13.6. The van der Waals surface area contributed by atoms with E-state index in [2.05, 4.69) is 10.1 Å². The maximum absolute atomic E-state index is 13.8. The van der Waals surface area contributed by atoms with E-state index in [0.717, 1.165) is 33.2 Å². The third kappa shape index (κ3) is 6.09. The molecule has 1 saturated heterocycles. The van der Waals surface area contributed by atoms with E-state index in [4.69, 9.17) is 24.7 Å². The van der Waals surface area contributed by atoms with Gasteiger partial charge in [0.25, 0.3) is 5.91 Å². The molecule has 3 aromatic carbocycles. The van der Waals surface area contributed by atoms with Gasteiger partial charge < -0.3 is 19.9 Å². The van der Waals surface area contributed by atoms with Crippen LogP contribution in [0.3, 0.4) is 0 Å². The molecule has 1 atom stereocenters. The van der Waals surface area contributed by atoms with Crippen LogP contribution in [0.2, 0.25) is 0 Å². The van der Waals surface area contributed by atoms with Crippen LogP contribution in [0.4, 0.5) is 11.4 Å². The predicted molar refractivity (Wildman–Crippen MR) is 162 cm³/mol. The molecule has 2 aliphatic rings. The predicted octanol–water partition coefficient (Wildman–Crippen LogP) is 4.18. The molecule has 0 aromatic heterocycles. The number of nitrogens with one attached hydrogen (secondary N) is 1. The van der Waals surface area contributed by atoms with Crippen LogP contribution in [0.1, 0.15) is 58.6 Å². The van der Waals surface area contributed by atoms with E-state index < -0.39 is 128 Å². The van der Waals surface area contributed by atoms with Crippen molar-refractivity contribution in [2.75, 3.05) is 57.4 Å². The van der Waals surface area contributed by atoms with Gasteiger partial charge in [0.2, 0.25) is 5.91 Å². The molecule has 1 unspecified atom stereocenters. The summed E-state index contributed by atoms with van der Waals surface area (Å²) in [6, 6.07) is -3.86. The van der Waals surface area contributed by atoms with Crippen LogP contribution in [0.25, 0.3) is 11.1 Å². The molecule has 2 heterocycles. The largest absolute Gasteiger partial charge is 0.465 e. The van der Waals surface area contributed by atoms with Crippen LogP contribution in [0.5, 0.6) is 0 Å². The van der Waals surface area contributed by atoms with E-state index in [1.54, 1.807) is 0 Å². The summed E-state index contributed by atoms with van der Waals surface area (Å²) in [5.41, 5.74) is -2.86. The minimum absolute atomic E-state index is 0.155. The number of nitrogens with zero attached hydrogens (tertiary/aromatic N) is 3. The van der Waals surface area contributed by atoms with Gasteiger partial charge >= 0.3 is 5.97 Å². The summed E-state index contributed by atoms with van der Waals surface area (Å²) in [7, 11) is 1.99. The highest BCUT2D eigenvalue weighted by Gasteiger charge is 2.29. The number of esters is 1. The number of likely N-dealkylation sites (N-methyl/N-ethyl adjacent to an activating group) is 2. The van der Waals surface area contributed by atoms with Crippen molar-refractivity contribution in [3.05, 3.63) is 94.9 Å². The molecule has 41 heavy (non-hydrogen) atoms. The number of allylic oxidation sites excluding steroid dienone is 1. The van der Waals surface area contributed by atoms with Gasteiger partial charge in [-0.1, -0.05) is 48.4 Å². The molecule has 0 saturated carbocycles. The van der Waals surface area contributed by atoms with E-state index in [9.17, 15) is 14.4 Å². The summed E-state index contributed by atoms with van der Waals surface area (Å²) in [6.07, 6.45) is -0.490. The molecule has 1 fully saturated rings. The van der Waals surface area contributed by atoms with Gasteiger partial charge in [-0.2, -0.15) is 0 Å². The topological polar surface area (TPSA) is 82.2 Å². The number of piperazine rings is 1. The van der Waals surface area contributed by atoms with Gasteiger partial charge in [-0.25, -0.2) is 4.79 Å². The Hall–Kier alpha value is -4.27. The molecule has 212 valence electrons. The summed E-state index contributed by atoms with van der Waals surface area (Å²) in [6.45, 7) is -13.0. The summed E-state index contributed by atoms with van der Waals surface area (Å²) < 4.78 is 156. The third-order valence-corrected chi connectivity index (χ3v) is 6.29. The minimum Gasteiger partial charge on any atom is -0.465 e. The Bertz CT molecular complexity index is 2270. The summed E-state index contributed by atoms with van der Waals surface area (Å²) >= 11 is 0. The first-order chi connectivity index (χ1) is 26.9. The lowest BCUT2D eigenvalue weighted by Gasteiger charge is -2.37.